The third-order valence-electron chi connectivity index (χ3n) is 4.01. The normalized spacial score (nSPS) is 11.5. The van der Waals surface area contributed by atoms with Crippen molar-refractivity contribution in [3.63, 3.8) is 0 Å². The van der Waals surface area contributed by atoms with E-state index in [1.807, 2.05) is 12.1 Å². The van der Waals surface area contributed by atoms with Crippen LogP contribution in [-0.4, -0.2) is 37.3 Å². The highest BCUT2D eigenvalue weighted by molar-refractivity contribution is 7.16. The average Bonchev–Trinajstić information content (AvgIpc) is 3.05. The van der Waals surface area contributed by atoms with Crippen molar-refractivity contribution in [3.05, 3.63) is 52.8 Å². The van der Waals surface area contributed by atoms with Gasteiger partial charge >= 0.3 is 5.97 Å². The van der Waals surface area contributed by atoms with E-state index in [9.17, 15) is 9.59 Å². The second-order valence-corrected chi connectivity index (χ2v) is 6.74. The Bertz CT molecular complexity index is 1070. The maximum absolute atomic E-state index is 12.6. The Morgan fingerprint density at radius 2 is 1.82 bits per heavy atom. The predicted molar refractivity (Wildman–Crippen MR) is 106 cm³/mol. The fourth-order valence-corrected chi connectivity index (χ4v) is 3.76. The lowest BCUT2D eigenvalue weighted by Crippen LogP contribution is -2.23. The van der Waals surface area contributed by atoms with E-state index in [-0.39, 0.29) is 13.2 Å². The van der Waals surface area contributed by atoms with Gasteiger partial charge in [-0.3, -0.25) is 9.59 Å². The molecule has 3 rings (SSSR count). The van der Waals surface area contributed by atoms with Gasteiger partial charge in [0.2, 0.25) is 0 Å². The van der Waals surface area contributed by atoms with Crippen molar-refractivity contribution in [2.75, 3.05) is 20.8 Å². The molecular weight excluding hydrogens is 380 g/mol. The van der Waals surface area contributed by atoms with Crippen LogP contribution in [-0.2, 0) is 16.1 Å². The van der Waals surface area contributed by atoms with E-state index < -0.39 is 11.9 Å². The molecule has 0 fully saturated rings. The molecule has 0 bridgehead atoms. The number of esters is 1. The summed E-state index contributed by atoms with van der Waals surface area (Å²) in [5.74, 6) is 0.425. The van der Waals surface area contributed by atoms with Gasteiger partial charge < -0.3 is 18.8 Å². The van der Waals surface area contributed by atoms with Crippen molar-refractivity contribution in [1.82, 2.24) is 4.57 Å². The molecule has 0 aliphatic carbocycles. The number of hydrogen-bond donors (Lipinski definition) is 0. The molecule has 0 aliphatic rings. The molecule has 2 aromatic carbocycles. The molecule has 0 atom stereocenters. The molecule has 1 heterocycles. The Morgan fingerprint density at radius 1 is 1.07 bits per heavy atom. The maximum Gasteiger partial charge on any atom is 0.326 e. The molecule has 0 radical (unpaired) electrons. The van der Waals surface area contributed by atoms with Gasteiger partial charge in [-0.2, -0.15) is 4.99 Å². The lowest BCUT2D eigenvalue weighted by molar-refractivity contribution is -0.143. The molecule has 0 unspecified atom stereocenters. The third-order valence-corrected chi connectivity index (χ3v) is 5.05. The minimum absolute atomic E-state index is 0.0665. The van der Waals surface area contributed by atoms with E-state index in [0.717, 1.165) is 4.70 Å². The van der Waals surface area contributed by atoms with Gasteiger partial charge in [0.1, 0.15) is 23.6 Å². The number of methoxy groups -OCH3 is 2. The number of thiazole rings is 1. The summed E-state index contributed by atoms with van der Waals surface area (Å²) in [6, 6.07) is 12.2. The highest BCUT2D eigenvalue weighted by Gasteiger charge is 2.16. The van der Waals surface area contributed by atoms with E-state index in [0.29, 0.717) is 27.4 Å². The van der Waals surface area contributed by atoms with Gasteiger partial charge in [0.15, 0.2) is 4.80 Å². The predicted octanol–water partition coefficient (Wildman–Crippen LogP) is 3.02. The number of amides is 1. The topological polar surface area (TPSA) is 79.1 Å². The van der Waals surface area contributed by atoms with Gasteiger partial charge in [0.25, 0.3) is 5.91 Å². The monoisotopic (exact) mass is 400 g/mol. The first-order chi connectivity index (χ1) is 13.6. The minimum atomic E-state index is -0.411. The first-order valence-electron chi connectivity index (χ1n) is 8.62. The molecule has 8 heteroatoms. The smallest absolute Gasteiger partial charge is 0.326 e. The van der Waals surface area contributed by atoms with E-state index in [4.69, 9.17) is 14.2 Å². The minimum Gasteiger partial charge on any atom is -0.497 e. The highest BCUT2D eigenvalue weighted by Crippen LogP contribution is 2.27. The third kappa shape index (κ3) is 4.07. The van der Waals surface area contributed by atoms with Crippen molar-refractivity contribution < 1.29 is 23.8 Å². The Balaban J connectivity index is 2.11. The zero-order valence-electron chi connectivity index (χ0n) is 15.8. The molecule has 0 aliphatic heterocycles. The second-order valence-electron chi connectivity index (χ2n) is 5.73. The summed E-state index contributed by atoms with van der Waals surface area (Å²) in [6.45, 7) is 1.95. The van der Waals surface area contributed by atoms with E-state index in [1.165, 1.54) is 11.3 Å². The zero-order chi connectivity index (χ0) is 20.1. The summed E-state index contributed by atoms with van der Waals surface area (Å²) < 4.78 is 18.1. The van der Waals surface area contributed by atoms with Crippen LogP contribution in [0.15, 0.2) is 47.5 Å². The molecule has 0 saturated heterocycles. The fourth-order valence-electron chi connectivity index (χ4n) is 2.72. The number of rotatable bonds is 6. The lowest BCUT2D eigenvalue weighted by atomic mass is 10.2. The number of nitrogens with zero attached hydrogens (tertiary/aromatic N) is 2. The number of carbonyl (C=O) groups excluding carboxylic acids is 2. The SMILES string of the molecule is CCOC(=O)Cn1c(=NC(=O)c2ccc(OC)cc2)sc2cccc(OC)c21. The molecule has 28 heavy (non-hydrogen) atoms. The van der Waals surface area contributed by atoms with E-state index in [2.05, 4.69) is 4.99 Å². The standard InChI is InChI=1S/C20H20N2O5S/c1-4-27-17(23)12-22-18-15(26-3)6-5-7-16(18)28-20(22)21-19(24)13-8-10-14(25-2)11-9-13/h5-11H,4,12H2,1-3H3. The van der Waals surface area contributed by atoms with Crippen LogP contribution in [0.1, 0.15) is 17.3 Å². The van der Waals surface area contributed by atoms with Crippen LogP contribution >= 0.6 is 11.3 Å². The molecule has 0 spiro atoms. The van der Waals surface area contributed by atoms with Crippen molar-refractivity contribution in [2.45, 2.75) is 13.5 Å². The first kappa shape index (κ1) is 19.6. The Labute approximate surface area is 165 Å². The number of aromatic nitrogens is 1. The lowest BCUT2D eigenvalue weighted by Gasteiger charge is -2.08. The zero-order valence-corrected chi connectivity index (χ0v) is 16.6. The number of ether oxygens (including phenoxy) is 3. The fraction of sp³-hybridized carbons (Fsp3) is 0.250. The number of fused-ring (bicyclic) bond motifs is 1. The number of carbonyl (C=O) groups is 2. The van der Waals surface area contributed by atoms with Crippen molar-refractivity contribution in [1.29, 1.82) is 0 Å². The van der Waals surface area contributed by atoms with Gasteiger partial charge in [-0.1, -0.05) is 17.4 Å². The van der Waals surface area contributed by atoms with Crippen molar-refractivity contribution in [2.24, 2.45) is 4.99 Å². The number of hydrogen-bond acceptors (Lipinski definition) is 6. The van der Waals surface area contributed by atoms with E-state index >= 15 is 0 Å². The van der Waals surface area contributed by atoms with Crippen LogP contribution in [0.2, 0.25) is 0 Å². The number of benzene rings is 2. The molecule has 3 aromatic rings. The molecule has 0 N–H and O–H groups in total. The van der Waals surface area contributed by atoms with Crippen LogP contribution in [0.5, 0.6) is 11.5 Å². The molecule has 7 nitrogen and oxygen atoms in total. The highest BCUT2D eigenvalue weighted by atomic mass is 32.1. The quantitative estimate of drug-likeness (QED) is 0.594. The molecule has 146 valence electrons. The molecule has 0 saturated carbocycles. The van der Waals surface area contributed by atoms with Gasteiger partial charge in [0, 0.05) is 5.56 Å². The van der Waals surface area contributed by atoms with Crippen molar-refractivity contribution >= 4 is 33.4 Å². The Kier molecular flexibility index (Phi) is 6.10. The van der Waals surface area contributed by atoms with Crippen LogP contribution in [0.3, 0.4) is 0 Å². The summed E-state index contributed by atoms with van der Waals surface area (Å²) in [7, 11) is 3.12. The molecule has 1 amide bonds. The summed E-state index contributed by atoms with van der Waals surface area (Å²) in [5.41, 5.74) is 1.12. The van der Waals surface area contributed by atoms with Crippen LogP contribution in [0, 0.1) is 0 Å². The van der Waals surface area contributed by atoms with Crippen LogP contribution in [0.4, 0.5) is 0 Å². The van der Waals surface area contributed by atoms with E-state index in [1.54, 1.807) is 56.0 Å². The van der Waals surface area contributed by atoms with Gasteiger partial charge in [0.05, 0.1) is 25.5 Å². The molecular formula is C20H20N2O5S. The Morgan fingerprint density at radius 3 is 2.46 bits per heavy atom. The molecule has 1 aromatic heterocycles. The largest absolute Gasteiger partial charge is 0.497 e. The number of para-hydroxylation sites is 1. The maximum atomic E-state index is 12.6. The van der Waals surface area contributed by atoms with Gasteiger partial charge in [-0.25, -0.2) is 0 Å². The second kappa shape index (κ2) is 8.71. The summed E-state index contributed by atoms with van der Waals surface area (Å²) in [5, 5.41) is 0. The Hall–Kier alpha value is -3.13. The summed E-state index contributed by atoms with van der Waals surface area (Å²) in [6.07, 6.45) is 0. The van der Waals surface area contributed by atoms with Crippen molar-refractivity contribution in [3.8, 4) is 11.5 Å². The first-order valence-corrected chi connectivity index (χ1v) is 9.44. The van der Waals surface area contributed by atoms with Gasteiger partial charge in [-0.05, 0) is 43.3 Å². The van der Waals surface area contributed by atoms with Crippen LogP contribution in [0.25, 0.3) is 10.2 Å². The average molecular weight is 400 g/mol. The van der Waals surface area contributed by atoms with Gasteiger partial charge in [-0.15, -0.1) is 0 Å². The summed E-state index contributed by atoms with van der Waals surface area (Å²) >= 11 is 1.31. The summed E-state index contributed by atoms with van der Waals surface area (Å²) in [4.78, 5) is 29.4. The van der Waals surface area contributed by atoms with Crippen LogP contribution < -0.4 is 14.3 Å².